The van der Waals surface area contributed by atoms with E-state index in [1.165, 1.54) is 4.57 Å². The zero-order valence-corrected chi connectivity index (χ0v) is 19.5. The van der Waals surface area contributed by atoms with Gasteiger partial charge in [-0.25, -0.2) is 9.78 Å². The normalized spacial score (nSPS) is 11.8. The zero-order valence-electron chi connectivity index (χ0n) is 19.5. The topological polar surface area (TPSA) is 97.1 Å². The van der Waals surface area contributed by atoms with E-state index in [9.17, 15) is 9.59 Å². The van der Waals surface area contributed by atoms with Crippen molar-refractivity contribution in [2.45, 2.75) is 46.4 Å². The Hall–Kier alpha value is -3.23. The highest BCUT2D eigenvalue weighted by Crippen LogP contribution is 2.21. The first-order valence-electron chi connectivity index (χ1n) is 11.3. The lowest BCUT2D eigenvalue weighted by molar-refractivity contribution is 0.184. The summed E-state index contributed by atoms with van der Waals surface area (Å²) >= 11 is 0. The van der Waals surface area contributed by atoms with E-state index in [0.29, 0.717) is 23.4 Å². The van der Waals surface area contributed by atoms with Crippen molar-refractivity contribution in [2.24, 2.45) is 11.7 Å². The summed E-state index contributed by atoms with van der Waals surface area (Å²) in [6.07, 6.45) is 0.986. The van der Waals surface area contributed by atoms with Crippen LogP contribution in [0, 0.1) is 5.92 Å². The highest BCUT2D eigenvalue weighted by Gasteiger charge is 2.17. The van der Waals surface area contributed by atoms with Gasteiger partial charge in [-0.1, -0.05) is 32.0 Å². The molecule has 174 valence electrons. The second-order valence-electron chi connectivity index (χ2n) is 8.72. The van der Waals surface area contributed by atoms with E-state index in [-0.39, 0.29) is 30.9 Å². The number of benzene rings is 2. The van der Waals surface area contributed by atoms with Gasteiger partial charge >= 0.3 is 5.69 Å². The average molecular weight is 450 g/mol. The van der Waals surface area contributed by atoms with Crippen LogP contribution in [0.1, 0.15) is 31.7 Å². The number of aromatic nitrogens is 4. The van der Waals surface area contributed by atoms with E-state index in [1.54, 1.807) is 17.7 Å². The number of para-hydroxylation sites is 1. The molecule has 0 aliphatic rings. The minimum Gasteiger partial charge on any atom is -0.383 e. The number of nitrogens with zero attached hydrogens (tertiary/aromatic N) is 4. The molecule has 2 heterocycles. The number of imidazole rings is 1. The maximum absolute atomic E-state index is 13.4. The van der Waals surface area contributed by atoms with Crippen LogP contribution < -0.4 is 17.0 Å². The van der Waals surface area contributed by atoms with E-state index >= 15 is 0 Å². The third-order valence-electron chi connectivity index (χ3n) is 6.01. The summed E-state index contributed by atoms with van der Waals surface area (Å²) in [6, 6.07) is 13.3. The second kappa shape index (κ2) is 9.72. The first-order valence-corrected chi connectivity index (χ1v) is 11.3. The van der Waals surface area contributed by atoms with Gasteiger partial charge < -0.3 is 15.0 Å². The molecular weight excluding hydrogens is 418 g/mol. The van der Waals surface area contributed by atoms with Crippen molar-refractivity contribution in [1.82, 2.24) is 18.7 Å². The van der Waals surface area contributed by atoms with Crippen molar-refractivity contribution in [2.75, 3.05) is 13.7 Å². The molecule has 4 rings (SSSR count). The van der Waals surface area contributed by atoms with Crippen LogP contribution in [-0.2, 0) is 30.9 Å². The Morgan fingerprint density at radius 1 is 1.00 bits per heavy atom. The maximum Gasteiger partial charge on any atom is 0.331 e. The maximum atomic E-state index is 13.4. The van der Waals surface area contributed by atoms with Gasteiger partial charge in [-0.3, -0.25) is 13.9 Å². The Morgan fingerprint density at radius 3 is 2.52 bits per heavy atom. The molecule has 33 heavy (non-hydrogen) atoms. The van der Waals surface area contributed by atoms with Gasteiger partial charge in [-0.05, 0) is 42.2 Å². The molecule has 0 amide bonds. The molecule has 0 unspecified atom stereocenters. The molecule has 0 aliphatic carbocycles. The van der Waals surface area contributed by atoms with Crippen LogP contribution in [0.2, 0.25) is 0 Å². The van der Waals surface area contributed by atoms with Crippen LogP contribution in [0.15, 0.2) is 52.1 Å². The fraction of sp³-hybridized carbons (Fsp3) is 0.400. The molecular formula is C25H31N5O3. The van der Waals surface area contributed by atoms with Crippen molar-refractivity contribution in [3.63, 3.8) is 0 Å². The summed E-state index contributed by atoms with van der Waals surface area (Å²) in [4.78, 5) is 31.3. The monoisotopic (exact) mass is 449 g/mol. The largest absolute Gasteiger partial charge is 0.383 e. The fourth-order valence-corrected chi connectivity index (χ4v) is 4.15. The molecule has 2 aromatic heterocycles. The van der Waals surface area contributed by atoms with E-state index < -0.39 is 0 Å². The van der Waals surface area contributed by atoms with Gasteiger partial charge in [-0.15, -0.1) is 0 Å². The molecule has 0 bridgehead atoms. The fourth-order valence-electron chi connectivity index (χ4n) is 4.15. The molecule has 2 N–H and O–H groups in total. The zero-order chi connectivity index (χ0) is 23.5. The summed E-state index contributed by atoms with van der Waals surface area (Å²) in [6.45, 7) is 6.35. The smallest absolute Gasteiger partial charge is 0.331 e. The van der Waals surface area contributed by atoms with Crippen LogP contribution in [0.4, 0.5) is 0 Å². The lowest BCUT2D eigenvalue weighted by atomic mass is 10.1. The number of ether oxygens (including phenoxy) is 1. The number of methoxy groups -OCH3 is 1. The highest BCUT2D eigenvalue weighted by atomic mass is 16.5. The van der Waals surface area contributed by atoms with E-state index in [4.69, 9.17) is 15.5 Å². The number of rotatable bonds is 9. The Kier molecular flexibility index (Phi) is 6.76. The third kappa shape index (κ3) is 4.49. The number of fused-ring (bicyclic) bond motifs is 2. The van der Waals surface area contributed by atoms with E-state index in [0.717, 1.165) is 35.4 Å². The van der Waals surface area contributed by atoms with Gasteiger partial charge in [0.05, 0.1) is 41.6 Å². The minimum atomic E-state index is -0.360. The molecule has 8 heteroatoms. The Morgan fingerprint density at radius 2 is 1.79 bits per heavy atom. The molecule has 0 saturated heterocycles. The number of aryl methyl sites for hydroxylation is 1. The molecule has 0 radical (unpaired) electrons. The molecule has 2 aromatic carbocycles. The Bertz CT molecular complexity index is 1400. The first kappa shape index (κ1) is 22.9. The number of nitrogens with two attached hydrogens (primary N) is 1. The van der Waals surface area contributed by atoms with Gasteiger partial charge in [0, 0.05) is 20.2 Å². The summed E-state index contributed by atoms with van der Waals surface area (Å²) in [7, 11) is 1.55. The van der Waals surface area contributed by atoms with Crippen LogP contribution in [-0.4, -0.2) is 32.4 Å². The lowest BCUT2D eigenvalue weighted by Crippen LogP contribution is -2.41. The molecule has 0 spiro atoms. The third-order valence-corrected chi connectivity index (χ3v) is 6.01. The van der Waals surface area contributed by atoms with Gasteiger partial charge in [0.1, 0.15) is 5.82 Å². The van der Waals surface area contributed by atoms with Gasteiger partial charge in [-0.2, -0.15) is 0 Å². The molecule has 0 fully saturated rings. The molecule has 8 nitrogen and oxygen atoms in total. The predicted octanol–water partition coefficient (Wildman–Crippen LogP) is 2.71. The Labute approximate surface area is 192 Å². The summed E-state index contributed by atoms with van der Waals surface area (Å²) in [5.74, 6) is 1.31. The van der Waals surface area contributed by atoms with E-state index in [2.05, 4.69) is 24.5 Å². The standard InChI is InChI=1S/C25H31N5O3/c1-17(2)10-11-28-22-9-8-18(15-26)14-20(22)27-23(28)16-30-21-7-5-4-6-19(21)24(31)29(25(30)32)12-13-33-3/h4-9,14,17H,10-13,15-16,26H2,1-3H3. The lowest BCUT2D eigenvalue weighted by Gasteiger charge is -2.15. The SMILES string of the molecule is COCCn1c(=O)c2ccccc2n(Cc2nc3cc(CN)ccc3n2CCC(C)C)c1=O. The van der Waals surface area contributed by atoms with Crippen molar-refractivity contribution in [3.05, 3.63) is 74.7 Å². The van der Waals surface area contributed by atoms with Crippen molar-refractivity contribution < 1.29 is 4.74 Å². The summed E-state index contributed by atoms with van der Waals surface area (Å²) in [5.41, 5.74) is 8.68. The second-order valence-corrected chi connectivity index (χ2v) is 8.72. The van der Waals surface area contributed by atoms with Crippen LogP contribution in [0.3, 0.4) is 0 Å². The number of hydrogen-bond acceptors (Lipinski definition) is 5. The van der Waals surface area contributed by atoms with Gasteiger partial charge in [0.2, 0.25) is 0 Å². The first-order chi connectivity index (χ1) is 15.9. The van der Waals surface area contributed by atoms with Crippen molar-refractivity contribution in [1.29, 1.82) is 0 Å². The van der Waals surface area contributed by atoms with E-state index in [1.807, 2.05) is 30.3 Å². The molecule has 0 aliphatic heterocycles. The van der Waals surface area contributed by atoms with Crippen LogP contribution in [0.5, 0.6) is 0 Å². The van der Waals surface area contributed by atoms with Crippen molar-refractivity contribution >= 4 is 21.9 Å². The average Bonchev–Trinajstić information content (AvgIpc) is 3.16. The van der Waals surface area contributed by atoms with Crippen molar-refractivity contribution in [3.8, 4) is 0 Å². The van der Waals surface area contributed by atoms with Gasteiger partial charge in [0.25, 0.3) is 5.56 Å². The predicted molar refractivity (Wildman–Crippen MR) is 131 cm³/mol. The molecule has 4 aromatic rings. The number of hydrogen-bond donors (Lipinski definition) is 1. The quantitative estimate of drug-likeness (QED) is 0.424. The van der Waals surface area contributed by atoms with Gasteiger partial charge in [0.15, 0.2) is 0 Å². The van der Waals surface area contributed by atoms with Crippen LogP contribution >= 0.6 is 0 Å². The Balaban J connectivity index is 1.90. The summed E-state index contributed by atoms with van der Waals surface area (Å²) in [5, 5.41) is 0.503. The highest BCUT2D eigenvalue weighted by molar-refractivity contribution is 5.79. The minimum absolute atomic E-state index is 0.197. The summed E-state index contributed by atoms with van der Waals surface area (Å²) < 4.78 is 10.2. The molecule has 0 saturated carbocycles. The molecule has 0 atom stereocenters. The van der Waals surface area contributed by atoms with Crippen LogP contribution in [0.25, 0.3) is 21.9 Å².